The van der Waals surface area contributed by atoms with Gasteiger partial charge in [-0.25, -0.2) is 0 Å². The van der Waals surface area contributed by atoms with Gasteiger partial charge in [-0.2, -0.15) is 0 Å². The summed E-state index contributed by atoms with van der Waals surface area (Å²) >= 11 is 6.03. The standard InChI is InChI=1S/C21H16ClO.Zr/c1-13-3-5-16-11-17(20-10-4-14(2)23-20)12-19(16)21(13)15-6-8-18(22)9-7-15;/h3-12H,1-2H3;/q-1;. The second-order valence-electron chi connectivity index (χ2n) is 5.92. The summed E-state index contributed by atoms with van der Waals surface area (Å²) in [6.07, 6.45) is 0. The van der Waals surface area contributed by atoms with Crippen molar-refractivity contribution in [2.45, 2.75) is 13.8 Å². The summed E-state index contributed by atoms with van der Waals surface area (Å²) in [7, 11) is 0. The molecule has 0 unspecified atom stereocenters. The second-order valence-corrected chi connectivity index (χ2v) is 6.36. The zero-order valence-corrected chi connectivity index (χ0v) is 16.8. The number of hydrogen-bond acceptors (Lipinski definition) is 1. The summed E-state index contributed by atoms with van der Waals surface area (Å²) in [5.74, 6) is 1.85. The van der Waals surface area contributed by atoms with Crippen LogP contribution in [0.2, 0.25) is 5.02 Å². The Bertz CT molecular complexity index is 993. The van der Waals surface area contributed by atoms with Crippen molar-refractivity contribution in [1.29, 1.82) is 0 Å². The molecule has 0 atom stereocenters. The van der Waals surface area contributed by atoms with E-state index in [0.717, 1.165) is 22.1 Å². The van der Waals surface area contributed by atoms with Crippen LogP contribution in [0.15, 0.2) is 65.1 Å². The van der Waals surface area contributed by atoms with E-state index in [2.05, 4.69) is 43.3 Å². The third-order valence-electron chi connectivity index (χ3n) is 4.26. The minimum absolute atomic E-state index is 0. The van der Waals surface area contributed by atoms with E-state index < -0.39 is 0 Å². The molecule has 3 aromatic carbocycles. The number of halogens is 1. The Kier molecular flexibility index (Phi) is 4.90. The molecule has 0 aliphatic carbocycles. The molecule has 1 aromatic heterocycles. The van der Waals surface area contributed by atoms with Gasteiger partial charge in [-0.3, -0.25) is 0 Å². The molecular weight excluding hydrogens is 395 g/mol. The molecule has 118 valence electrons. The number of aryl methyl sites for hydroxylation is 2. The zero-order valence-electron chi connectivity index (χ0n) is 13.6. The first kappa shape index (κ1) is 17.3. The van der Waals surface area contributed by atoms with Crippen molar-refractivity contribution >= 4 is 22.4 Å². The van der Waals surface area contributed by atoms with Crippen LogP contribution < -0.4 is 0 Å². The molecule has 4 aromatic rings. The topological polar surface area (TPSA) is 13.1 Å². The Balaban J connectivity index is 0.00000169. The molecule has 0 radical (unpaired) electrons. The number of hydrogen-bond donors (Lipinski definition) is 0. The van der Waals surface area contributed by atoms with E-state index >= 15 is 0 Å². The Morgan fingerprint density at radius 1 is 0.917 bits per heavy atom. The van der Waals surface area contributed by atoms with Gasteiger partial charge in [-0.15, -0.1) is 29.0 Å². The average molecular weight is 411 g/mol. The normalized spacial score (nSPS) is 10.8. The maximum absolute atomic E-state index is 6.03. The van der Waals surface area contributed by atoms with Crippen molar-refractivity contribution in [3.63, 3.8) is 0 Å². The fourth-order valence-electron chi connectivity index (χ4n) is 3.12. The van der Waals surface area contributed by atoms with Crippen LogP contribution in [0, 0.1) is 13.8 Å². The summed E-state index contributed by atoms with van der Waals surface area (Å²) in [5.41, 5.74) is 4.82. The van der Waals surface area contributed by atoms with Gasteiger partial charge in [0.25, 0.3) is 0 Å². The van der Waals surface area contributed by atoms with Gasteiger partial charge in [0.05, 0.1) is 11.5 Å². The minimum atomic E-state index is 0. The number of rotatable bonds is 2. The number of furan rings is 1. The van der Waals surface area contributed by atoms with Crippen molar-refractivity contribution < 1.29 is 30.6 Å². The predicted octanol–water partition coefficient (Wildman–Crippen LogP) is 6.75. The second kappa shape index (κ2) is 6.78. The third-order valence-corrected chi connectivity index (χ3v) is 4.51. The van der Waals surface area contributed by atoms with E-state index in [4.69, 9.17) is 16.0 Å². The monoisotopic (exact) mass is 409 g/mol. The van der Waals surface area contributed by atoms with E-state index in [-0.39, 0.29) is 26.2 Å². The van der Waals surface area contributed by atoms with Crippen LogP contribution in [-0.4, -0.2) is 0 Å². The molecule has 1 nitrogen and oxygen atoms in total. The van der Waals surface area contributed by atoms with E-state index in [0.29, 0.717) is 0 Å². The molecule has 1 heterocycles. The van der Waals surface area contributed by atoms with Crippen LogP contribution in [0.5, 0.6) is 0 Å². The van der Waals surface area contributed by atoms with Gasteiger partial charge in [0, 0.05) is 31.2 Å². The summed E-state index contributed by atoms with van der Waals surface area (Å²) in [6, 6.07) is 20.8. The molecule has 0 aliphatic heterocycles. The van der Waals surface area contributed by atoms with E-state index in [9.17, 15) is 0 Å². The van der Waals surface area contributed by atoms with Crippen LogP contribution in [0.1, 0.15) is 11.3 Å². The van der Waals surface area contributed by atoms with Gasteiger partial charge in [0.1, 0.15) is 0 Å². The first-order valence-electron chi connectivity index (χ1n) is 7.64. The zero-order chi connectivity index (χ0) is 16.0. The molecule has 0 N–H and O–H groups in total. The van der Waals surface area contributed by atoms with Gasteiger partial charge >= 0.3 is 0 Å². The Hall–Kier alpha value is -1.50. The maximum atomic E-state index is 6.03. The average Bonchev–Trinajstić information content (AvgIpc) is 3.14. The van der Waals surface area contributed by atoms with Gasteiger partial charge < -0.3 is 4.42 Å². The van der Waals surface area contributed by atoms with Gasteiger partial charge in [0.2, 0.25) is 0 Å². The van der Waals surface area contributed by atoms with Crippen LogP contribution in [0.4, 0.5) is 0 Å². The summed E-state index contributed by atoms with van der Waals surface area (Å²) in [6.45, 7) is 4.11. The van der Waals surface area contributed by atoms with E-state index in [1.807, 2.05) is 31.2 Å². The molecule has 4 rings (SSSR count). The minimum Gasteiger partial charge on any atom is -0.496 e. The summed E-state index contributed by atoms with van der Waals surface area (Å²) in [5, 5.41) is 3.23. The molecule has 0 aliphatic rings. The third kappa shape index (κ3) is 3.06. The fraction of sp³-hybridized carbons (Fsp3) is 0.0952. The van der Waals surface area contributed by atoms with E-state index in [1.165, 1.54) is 27.5 Å². The van der Waals surface area contributed by atoms with Crippen molar-refractivity contribution in [2.24, 2.45) is 0 Å². The molecule has 0 spiro atoms. The smallest absolute Gasteiger partial charge is 0.0896 e. The number of fused-ring (bicyclic) bond motifs is 1. The Morgan fingerprint density at radius 2 is 1.67 bits per heavy atom. The van der Waals surface area contributed by atoms with Crippen molar-refractivity contribution in [1.82, 2.24) is 0 Å². The first-order chi connectivity index (χ1) is 11.1. The number of benzene rings is 2. The summed E-state index contributed by atoms with van der Waals surface area (Å²) < 4.78 is 5.77. The van der Waals surface area contributed by atoms with Crippen LogP contribution in [0.25, 0.3) is 33.2 Å². The van der Waals surface area contributed by atoms with E-state index in [1.54, 1.807) is 0 Å². The van der Waals surface area contributed by atoms with Crippen molar-refractivity contribution in [3.8, 4) is 22.5 Å². The Morgan fingerprint density at radius 3 is 2.33 bits per heavy atom. The maximum Gasteiger partial charge on any atom is 0.0896 e. The molecule has 0 saturated carbocycles. The molecule has 24 heavy (non-hydrogen) atoms. The molecule has 0 saturated heterocycles. The Labute approximate surface area is 165 Å². The molecular formula is C21H16ClOZr-. The van der Waals surface area contributed by atoms with Gasteiger partial charge in [0.15, 0.2) is 0 Å². The molecule has 0 amide bonds. The molecule has 3 heteroatoms. The quantitative estimate of drug-likeness (QED) is 0.333. The predicted molar refractivity (Wildman–Crippen MR) is 97.2 cm³/mol. The van der Waals surface area contributed by atoms with Crippen LogP contribution >= 0.6 is 11.6 Å². The first-order valence-corrected chi connectivity index (χ1v) is 8.02. The van der Waals surface area contributed by atoms with Crippen molar-refractivity contribution in [3.05, 3.63) is 77.0 Å². The fourth-order valence-corrected chi connectivity index (χ4v) is 3.25. The van der Waals surface area contributed by atoms with Crippen molar-refractivity contribution in [2.75, 3.05) is 0 Å². The van der Waals surface area contributed by atoms with Crippen LogP contribution in [-0.2, 0) is 26.2 Å². The van der Waals surface area contributed by atoms with Gasteiger partial charge in [-0.05, 0) is 49.2 Å². The largest absolute Gasteiger partial charge is 0.496 e. The molecule has 0 bridgehead atoms. The summed E-state index contributed by atoms with van der Waals surface area (Å²) in [4.78, 5) is 0. The molecule has 0 fully saturated rings. The van der Waals surface area contributed by atoms with Crippen LogP contribution in [0.3, 0.4) is 0 Å². The SMILES string of the molecule is Cc1ccc(-c2cc3c(-c4ccc(Cl)cc4)c(C)ccc3[cH-]2)o1.[Zr]. The van der Waals surface area contributed by atoms with Gasteiger partial charge in [-0.1, -0.05) is 40.9 Å².